The predicted octanol–water partition coefficient (Wildman–Crippen LogP) is 13.2. The van der Waals surface area contributed by atoms with Crippen LogP contribution in [0.3, 0.4) is 0 Å². The molecular weight excluding hydrogens is 898 g/mol. The molecule has 2 N–H and O–H groups in total. The molecule has 2 heterocycles. The molecule has 0 unspecified atom stereocenters. The molecule has 11 nitrogen and oxygen atoms in total. The Morgan fingerprint density at radius 1 is 0.530 bits per heavy atom. The smallest absolute Gasteiger partial charge is 0.319 e. The third-order valence-corrected chi connectivity index (χ3v) is 11.8. The van der Waals surface area contributed by atoms with E-state index in [-0.39, 0.29) is 12.2 Å². The summed E-state index contributed by atoms with van der Waals surface area (Å²) < 4.78 is 58.2. The highest BCUT2D eigenvalue weighted by molar-refractivity contribution is 7.33. The molecule has 0 fully saturated rings. The average Bonchev–Trinajstić information content (AvgIpc) is 4.05. The third kappa shape index (κ3) is 16.9. The lowest BCUT2D eigenvalue weighted by Crippen LogP contribution is -2.16. The molecule has 0 radical (unpaired) electrons. The van der Waals surface area contributed by atoms with Crippen LogP contribution >= 0.6 is 31.5 Å². The number of aryl methyl sites for hydroxylation is 2. The number of benzene rings is 4. The van der Waals surface area contributed by atoms with Crippen LogP contribution in [0.1, 0.15) is 75.6 Å². The number of ether oxygens (including phenoxy) is 4. The van der Waals surface area contributed by atoms with Gasteiger partial charge in [0.15, 0.2) is 0 Å². The van der Waals surface area contributed by atoms with Gasteiger partial charge in [0.05, 0.1) is 73.7 Å². The van der Waals surface area contributed by atoms with Crippen LogP contribution < -0.4 is 29.6 Å². The SMILES string of the molecule is CC(C)Oc1ccc(CCCOc2ccc(CNCCCO[PH](=O)OCCCNCc3ccc(OCCCc4ccc(OC(C)C)c(Cl)c4)c(-c4ccoc4)c3)cc2-c2ccoc2)cc1Cl. The topological polar surface area (TPSA) is 123 Å². The summed E-state index contributed by atoms with van der Waals surface area (Å²) in [4.78, 5) is 0. The van der Waals surface area contributed by atoms with Crippen molar-refractivity contribution in [2.75, 3.05) is 39.5 Å². The Kier molecular flexibility index (Phi) is 20.9. The first-order chi connectivity index (χ1) is 32.1. The van der Waals surface area contributed by atoms with E-state index in [9.17, 15) is 4.57 Å². The van der Waals surface area contributed by atoms with Crippen molar-refractivity contribution < 1.29 is 41.4 Å². The van der Waals surface area contributed by atoms with Gasteiger partial charge in [-0.3, -0.25) is 4.57 Å². The Labute approximate surface area is 400 Å². The minimum absolute atomic E-state index is 0.0680. The third-order valence-electron chi connectivity index (χ3n) is 10.3. The van der Waals surface area contributed by atoms with E-state index in [0.29, 0.717) is 87.0 Å². The lowest BCUT2D eigenvalue weighted by atomic mass is 10.0. The Hall–Kier alpha value is -4.71. The summed E-state index contributed by atoms with van der Waals surface area (Å²) in [6.45, 7) is 12.4. The number of nitrogens with one attached hydrogen (secondary N) is 2. The molecule has 2 aromatic heterocycles. The molecule has 0 aliphatic carbocycles. The average molecular weight is 962 g/mol. The van der Waals surface area contributed by atoms with Crippen LogP contribution in [0.2, 0.25) is 10.0 Å². The Morgan fingerprint density at radius 3 is 1.35 bits per heavy atom. The molecule has 0 atom stereocenters. The zero-order valence-corrected chi connectivity index (χ0v) is 40.9. The van der Waals surface area contributed by atoms with Crippen molar-refractivity contribution in [1.82, 2.24) is 10.6 Å². The second-order valence-electron chi connectivity index (χ2n) is 16.5. The number of hydrogen-bond donors (Lipinski definition) is 2. The van der Waals surface area contributed by atoms with E-state index in [4.69, 9.17) is 60.0 Å². The summed E-state index contributed by atoms with van der Waals surface area (Å²) in [5.41, 5.74) is 8.35. The summed E-state index contributed by atoms with van der Waals surface area (Å²) in [6.07, 6.45) is 11.6. The van der Waals surface area contributed by atoms with Crippen LogP contribution in [-0.2, 0) is 39.5 Å². The first-order valence-corrected chi connectivity index (χ1v) is 24.8. The van der Waals surface area contributed by atoms with E-state index >= 15 is 0 Å². The molecule has 14 heteroatoms. The van der Waals surface area contributed by atoms with Gasteiger partial charge in [0, 0.05) is 35.3 Å². The lowest BCUT2D eigenvalue weighted by Gasteiger charge is -2.14. The molecule has 0 aliphatic heterocycles. The molecule has 0 spiro atoms. The van der Waals surface area contributed by atoms with Gasteiger partial charge in [0.1, 0.15) is 23.0 Å². The van der Waals surface area contributed by atoms with E-state index in [0.717, 1.165) is 81.7 Å². The van der Waals surface area contributed by atoms with Crippen molar-refractivity contribution in [2.24, 2.45) is 0 Å². The van der Waals surface area contributed by atoms with Crippen LogP contribution in [0.25, 0.3) is 22.3 Å². The fourth-order valence-corrected chi connectivity index (χ4v) is 8.34. The van der Waals surface area contributed by atoms with Gasteiger partial charge in [-0.1, -0.05) is 47.5 Å². The number of halogens is 2. The molecule has 0 bridgehead atoms. The minimum Gasteiger partial charge on any atom is -0.493 e. The van der Waals surface area contributed by atoms with Gasteiger partial charge in [0.2, 0.25) is 0 Å². The number of hydrogen-bond acceptors (Lipinski definition) is 11. The summed E-state index contributed by atoms with van der Waals surface area (Å²) in [7, 11) is -2.58. The maximum atomic E-state index is 12.4. The Morgan fingerprint density at radius 2 is 0.955 bits per heavy atom. The molecule has 0 saturated heterocycles. The van der Waals surface area contributed by atoms with E-state index in [1.807, 2.05) is 76.2 Å². The van der Waals surface area contributed by atoms with E-state index in [1.54, 1.807) is 25.1 Å². The highest BCUT2D eigenvalue weighted by Crippen LogP contribution is 2.34. The van der Waals surface area contributed by atoms with Gasteiger partial charge in [-0.25, -0.2) is 0 Å². The first kappa shape index (κ1) is 50.7. The Bertz CT molecular complexity index is 2210. The highest BCUT2D eigenvalue weighted by Gasteiger charge is 2.13. The molecule has 6 rings (SSSR count). The van der Waals surface area contributed by atoms with E-state index in [2.05, 4.69) is 47.0 Å². The molecule has 354 valence electrons. The normalized spacial score (nSPS) is 11.5. The molecule has 6 aromatic rings. The maximum absolute atomic E-state index is 12.4. The minimum atomic E-state index is -2.58. The summed E-state index contributed by atoms with van der Waals surface area (Å²) >= 11 is 12.9. The highest BCUT2D eigenvalue weighted by atomic mass is 35.5. The van der Waals surface area contributed by atoms with Crippen molar-refractivity contribution in [3.8, 4) is 45.3 Å². The quantitative estimate of drug-likeness (QED) is 0.0331. The molecular formula is C52H63Cl2N2O9P. The van der Waals surface area contributed by atoms with E-state index in [1.165, 1.54) is 0 Å². The van der Waals surface area contributed by atoms with Crippen molar-refractivity contribution in [1.29, 1.82) is 0 Å². The standard InChI is InChI=1S/C52H63Cl2N2O9P/c1-37(2)64-51-17-11-39(31-47(51)53)9-5-23-60-49-15-13-41(29-45(49)43-19-27-58-35-43)33-55-21-7-25-62-66(57)63-26-8-22-56-34-42-14-16-50(46(30-42)44-20-28-59-36-44)61-24-6-10-40-12-18-52(48(54)32-40)65-38(3)4/h11-20,27-32,35-38,55-56,66H,5-10,21-26,33-34H2,1-4H3. The van der Waals surface area contributed by atoms with Gasteiger partial charge in [0.25, 0.3) is 0 Å². The van der Waals surface area contributed by atoms with Crippen molar-refractivity contribution >= 4 is 31.5 Å². The van der Waals surface area contributed by atoms with Crippen LogP contribution in [0.4, 0.5) is 0 Å². The number of furan rings is 2. The van der Waals surface area contributed by atoms with Gasteiger partial charge in [-0.2, -0.15) is 0 Å². The van der Waals surface area contributed by atoms with Crippen LogP contribution in [0.15, 0.2) is 119 Å². The van der Waals surface area contributed by atoms with Crippen molar-refractivity contribution in [2.45, 2.75) is 91.5 Å². The zero-order chi connectivity index (χ0) is 46.5. The van der Waals surface area contributed by atoms with Crippen molar-refractivity contribution in [3.63, 3.8) is 0 Å². The maximum Gasteiger partial charge on any atom is 0.319 e. The first-order valence-electron chi connectivity index (χ1n) is 22.8. The predicted molar refractivity (Wildman–Crippen MR) is 264 cm³/mol. The molecule has 4 aromatic carbocycles. The largest absolute Gasteiger partial charge is 0.493 e. The van der Waals surface area contributed by atoms with Gasteiger partial charge >= 0.3 is 8.25 Å². The molecule has 66 heavy (non-hydrogen) atoms. The fraction of sp³-hybridized carbons (Fsp3) is 0.385. The van der Waals surface area contributed by atoms with Gasteiger partial charge in [-0.15, -0.1) is 0 Å². The second kappa shape index (κ2) is 27.2. The number of rotatable bonds is 30. The lowest BCUT2D eigenvalue weighted by molar-refractivity contribution is 0.220. The summed E-state index contributed by atoms with van der Waals surface area (Å²) in [5.74, 6) is 3.00. The second-order valence-corrected chi connectivity index (χ2v) is 18.4. The summed E-state index contributed by atoms with van der Waals surface area (Å²) in [5, 5.41) is 8.15. The molecule has 0 saturated carbocycles. The van der Waals surface area contributed by atoms with Crippen LogP contribution in [0, 0.1) is 0 Å². The molecule has 0 amide bonds. The monoisotopic (exact) mass is 960 g/mol. The summed E-state index contributed by atoms with van der Waals surface area (Å²) in [6, 6.07) is 28.1. The van der Waals surface area contributed by atoms with Gasteiger partial charge in [-0.05, 0) is 162 Å². The van der Waals surface area contributed by atoms with Crippen LogP contribution in [0.5, 0.6) is 23.0 Å². The Balaban J connectivity index is 0.831. The van der Waals surface area contributed by atoms with Gasteiger partial charge < -0.3 is 47.5 Å². The van der Waals surface area contributed by atoms with Crippen molar-refractivity contribution in [3.05, 3.63) is 142 Å². The zero-order valence-electron chi connectivity index (χ0n) is 38.4. The molecule has 0 aliphatic rings. The fourth-order valence-electron chi connectivity index (χ4n) is 7.14. The van der Waals surface area contributed by atoms with E-state index < -0.39 is 8.25 Å². The van der Waals surface area contributed by atoms with Crippen LogP contribution in [-0.4, -0.2) is 51.7 Å².